The molecule has 2 aromatic carbocycles. The van der Waals surface area contributed by atoms with E-state index in [0.717, 1.165) is 41.9 Å². The van der Waals surface area contributed by atoms with E-state index in [1.165, 1.54) is 17.0 Å². The molecule has 4 rings (SSSR count). The Balaban J connectivity index is 1.34. The molecule has 1 aromatic heterocycles. The number of benzene rings is 2. The van der Waals surface area contributed by atoms with Crippen LogP contribution in [0.25, 0.3) is 0 Å². The van der Waals surface area contributed by atoms with E-state index in [0.29, 0.717) is 5.69 Å². The molecule has 0 bridgehead atoms. The van der Waals surface area contributed by atoms with Crippen molar-refractivity contribution in [3.8, 4) is 0 Å². The summed E-state index contributed by atoms with van der Waals surface area (Å²) in [7, 11) is 0. The highest BCUT2D eigenvalue weighted by atomic mass is 35.5. The van der Waals surface area contributed by atoms with Crippen molar-refractivity contribution in [2.75, 3.05) is 36.0 Å². The Morgan fingerprint density at radius 2 is 1.69 bits per heavy atom. The van der Waals surface area contributed by atoms with Crippen molar-refractivity contribution in [1.29, 1.82) is 0 Å². The molecule has 2 heterocycles. The number of piperazine rings is 1. The average molecular weight is 427 g/mol. The first-order chi connectivity index (χ1) is 14.1. The van der Waals surface area contributed by atoms with Crippen molar-refractivity contribution in [1.82, 2.24) is 10.3 Å². The fourth-order valence-electron chi connectivity index (χ4n) is 3.42. The molecule has 1 saturated heterocycles. The second-order valence-corrected chi connectivity index (χ2v) is 8.34. The van der Waals surface area contributed by atoms with E-state index in [1.54, 1.807) is 0 Å². The second kappa shape index (κ2) is 8.84. The zero-order valence-electron chi connectivity index (χ0n) is 16.2. The third-order valence-corrected chi connectivity index (χ3v) is 6.27. The quantitative estimate of drug-likeness (QED) is 0.647. The van der Waals surface area contributed by atoms with Crippen LogP contribution in [-0.2, 0) is 0 Å². The molecule has 1 aliphatic heterocycles. The number of carbonyl (C=O) groups excluding carboxylic acids is 1. The number of rotatable bonds is 5. The van der Waals surface area contributed by atoms with E-state index in [-0.39, 0.29) is 11.9 Å². The van der Waals surface area contributed by atoms with Crippen molar-refractivity contribution in [3.05, 3.63) is 76.3 Å². The Morgan fingerprint density at radius 1 is 1.03 bits per heavy atom. The van der Waals surface area contributed by atoms with Crippen molar-refractivity contribution >= 4 is 39.7 Å². The number of anilines is 2. The summed E-state index contributed by atoms with van der Waals surface area (Å²) in [6.45, 7) is 5.55. The molecule has 5 nitrogen and oxygen atoms in total. The molecule has 0 radical (unpaired) electrons. The van der Waals surface area contributed by atoms with Gasteiger partial charge in [-0.2, -0.15) is 0 Å². The Hall–Kier alpha value is -2.57. The molecule has 0 aliphatic carbocycles. The fourth-order valence-corrected chi connectivity index (χ4v) is 4.40. The van der Waals surface area contributed by atoms with Gasteiger partial charge in [-0.1, -0.05) is 41.9 Å². The van der Waals surface area contributed by atoms with Gasteiger partial charge in [0.15, 0.2) is 5.13 Å². The first-order valence-corrected chi connectivity index (χ1v) is 10.9. The van der Waals surface area contributed by atoms with E-state index < -0.39 is 0 Å². The summed E-state index contributed by atoms with van der Waals surface area (Å²) in [6, 6.07) is 17.8. The van der Waals surface area contributed by atoms with Gasteiger partial charge in [-0.3, -0.25) is 4.79 Å². The third-order valence-electron chi connectivity index (χ3n) is 5.11. The molecule has 7 heteroatoms. The molecule has 3 aromatic rings. The van der Waals surface area contributed by atoms with Gasteiger partial charge in [0, 0.05) is 42.3 Å². The summed E-state index contributed by atoms with van der Waals surface area (Å²) in [5.41, 5.74) is 2.74. The number of amides is 1. The van der Waals surface area contributed by atoms with E-state index in [2.05, 4.69) is 32.2 Å². The number of carbonyl (C=O) groups is 1. The van der Waals surface area contributed by atoms with Crippen LogP contribution in [0.4, 0.5) is 10.8 Å². The maximum atomic E-state index is 12.6. The lowest BCUT2D eigenvalue weighted by molar-refractivity contribution is 0.0935. The Morgan fingerprint density at radius 3 is 2.38 bits per heavy atom. The van der Waals surface area contributed by atoms with Crippen LogP contribution in [0.2, 0.25) is 5.02 Å². The Labute approximate surface area is 179 Å². The first kappa shape index (κ1) is 19.7. The number of hydrogen-bond donors (Lipinski definition) is 1. The fraction of sp³-hybridized carbons (Fsp3) is 0.273. The molecule has 1 N–H and O–H groups in total. The maximum Gasteiger partial charge on any atom is 0.271 e. The lowest BCUT2D eigenvalue weighted by Crippen LogP contribution is -2.46. The number of hydrogen-bond acceptors (Lipinski definition) is 5. The van der Waals surface area contributed by atoms with Gasteiger partial charge >= 0.3 is 0 Å². The molecular weight excluding hydrogens is 404 g/mol. The molecule has 150 valence electrons. The summed E-state index contributed by atoms with van der Waals surface area (Å²) in [5, 5.41) is 6.52. The average Bonchev–Trinajstić information content (AvgIpc) is 3.25. The van der Waals surface area contributed by atoms with Crippen LogP contribution < -0.4 is 15.1 Å². The minimum absolute atomic E-state index is 0.0585. The van der Waals surface area contributed by atoms with Gasteiger partial charge in [0.05, 0.1) is 6.04 Å². The van der Waals surface area contributed by atoms with Crippen molar-refractivity contribution in [3.63, 3.8) is 0 Å². The highest BCUT2D eigenvalue weighted by Crippen LogP contribution is 2.25. The highest BCUT2D eigenvalue weighted by Gasteiger charge is 2.21. The van der Waals surface area contributed by atoms with E-state index in [9.17, 15) is 4.79 Å². The van der Waals surface area contributed by atoms with Crippen LogP contribution in [-0.4, -0.2) is 37.1 Å². The lowest BCUT2D eigenvalue weighted by Gasteiger charge is -2.36. The van der Waals surface area contributed by atoms with Crippen molar-refractivity contribution < 1.29 is 4.79 Å². The van der Waals surface area contributed by atoms with Gasteiger partial charge in [0.25, 0.3) is 5.91 Å². The number of nitrogens with zero attached hydrogens (tertiary/aromatic N) is 3. The summed E-state index contributed by atoms with van der Waals surface area (Å²) in [5.74, 6) is -0.136. The van der Waals surface area contributed by atoms with Crippen LogP contribution in [0.3, 0.4) is 0 Å². The van der Waals surface area contributed by atoms with Crippen molar-refractivity contribution in [2.45, 2.75) is 13.0 Å². The highest BCUT2D eigenvalue weighted by molar-refractivity contribution is 7.13. The molecule has 0 spiro atoms. The molecule has 1 aliphatic rings. The lowest BCUT2D eigenvalue weighted by atomic mass is 10.1. The van der Waals surface area contributed by atoms with Gasteiger partial charge in [-0.25, -0.2) is 4.98 Å². The predicted molar refractivity (Wildman–Crippen MR) is 120 cm³/mol. The van der Waals surface area contributed by atoms with Crippen LogP contribution >= 0.6 is 22.9 Å². The monoisotopic (exact) mass is 426 g/mol. The second-order valence-electron chi connectivity index (χ2n) is 7.07. The topological polar surface area (TPSA) is 48.5 Å². The maximum absolute atomic E-state index is 12.6. The molecule has 1 unspecified atom stereocenters. The van der Waals surface area contributed by atoms with Gasteiger partial charge in [-0.05, 0) is 36.8 Å². The molecule has 1 atom stereocenters. The Kier molecular flexibility index (Phi) is 6.02. The van der Waals surface area contributed by atoms with Gasteiger partial charge in [-0.15, -0.1) is 11.3 Å². The summed E-state index contributed by atoms with van der Waals surface area (Å²) in [4.78, 5) is 21.8. The predicted octanol–water partition coefficient (Wildman–Crippen LogP) is 4.61. The van der Waals surface area contributed by atoms with Crippen LogP contribution in [0, 0.1) is 0 Å². The largest absolute Gasteiger partial charge is 0.368 e. The number of thiazole rings is 1. The van der Waals surface area contributed by atoms with E-state index in [4.69, 9.17) is 11.6 Å². The van der Waals surface area contributed by atoms with Gasteiger partial charge in [0.1, 0.15) is 5.69 Å². The van der Waals surface area contributed by atoms with Crippen LogP contribution in [0.1, 0.15) is 29.0 Å². The van der Waals surface area contributed by atoms with Gasteiger partial charge < -0.3 is 15.1 Å². The number of aromatic nitrogens is 1. The standard InChI is InChI=1S/C22H23ClN4OS/c1-16(17-5-3-2-4-6-17)24-21(28)20-15-29-22(25-20)27-13-11-26(12-14-27)19-9-7-18(23)8-10-19/h2-10,15-16H,11-14H2,1H3,(H,24,28). The van der Waals surface area contributed by atoms with Gasteiger partial charge in [0.2, 0.25) is 0 Å². The smallest absolute Gasteiger partial charge is 0.271 e. The molecule has 0 saturated carbocycles. The molecular formula is C22H23ClN4OS. The summed E-state index contributed by atoms with van der Waals surface area (Å²) < 4.78 is 0. The first-order valence-electron chi connectivity index (χ1n) is 9.67. The normalized spacial score (nSPS) is 15.2. The van der Waals surface area contributed by atoms with Crippen LogP contribution in [0.15, 0.2) is 60.0 Å². The molecule has 1 amide bonds. The SMILES string of the molecule is CC(NC(=O)c1csc(N2CCN(c3ccc(Cl)cc3)CC2)n1)c1ccccc1. The van der Waals surface area contributed by atoms with E-state index in [1.807, 2.05) is 54.8 Å². The zero-order chi connectivity index (χ0) is 20.2. The summed E-state index contributed by atoms with van der Waals surface area (Å²) >= 11 is 7.51. The zero-order valence-corrected chi connectivity index (χ0v) is 17.8. The van der Waals surface area contributed by atoms with E-state index >= 15 is 0 Å². The minimum atomic E-state index is -0.136. The molecule has 1 fully saturated rings. The number of nitrogens with one attached hydrogen (secondary N) is 1. The number of halogens is 1. The minimum Gasteiger partial charge on any atom is -0.368 e. The molecule has 29 heavy (non-hydrogen) atoms. The third kappa shape index (κ3) is 4.71. The van der Waals surface area contributed by atoms with Crippen LogP contribution in [0.5, 0.6) is 0 Å². The summed E-state index contributed by atoms with van der Waals surface area (Å²) in [6.07, 6.45) is 0. The van der Waals surface area contributed by atoms with Crippen molar-refractivity contribution in [2.24, 2.45) is 0 Å². The Bertz CT molecular complexity index is 952.